The third-order valence-electron chi connectivity index (χ3n) is 1.69. The van der Waals surface area contributed by atoms with Crippen LogP contribution in [-0.2, 0) is 0 Å². The van der Waals surface area contributed by atoms with Crippen molar-refractivity contribution in [1.29, 1.82) is 0 Å². The number of hydrogen-bond donors (Lipinski definition) is 4. The Labute approximate surface area is 73.2 Å². The predicted molar refractivity (Wildman–Crippen MR) is 46.9 cm³/mol. The van der Waals surface area contributed by atoms with E-state index in [1.807, 2.05) is 0 Å². The van der Waals surface area contributed by atoms with Gasteiger partial charge in [0.15, 0.2) is 0 Å². The van der Waals surface area contributed by atoms with Gasteiger partial charge in [-0.2, -0.15) is 0 Å². The molecule has 0 fully saturated rings. The molecule has 0 aliphatic carbocycles. The fraction of sp³-hybridized carbons (Fsp3) is 1.00. The van der Waals surface area contributed by atoms with Crippen LogP contribution in [0, 0.1) is 0 Å². The van der Waals surface area contributed by atoms with Crippen molar-refractivity contribution in [2.24, 2.45) is 0 Å². The minimum Gasteiger partial charge on any atom is -0.394 e. The first-order chi connectivity index (χ1) is 5.72. The highest BCUT2D eigenvalue weighted by atomic mass is 16.4. The van der Waals surface area contributed by atoms with Crippen molar-refractivity contribution >= 4 is 0 Å². The van der Waals surface area contributed by atoms with Gasteiger partial charge in [-0.3, -0.25) is 0 Å². The molecular formula is C8H19NO3. The van der Waals surface area contributed by atoms with Gasteiger partial charge in [-0.15, -0.1) is 0 Å². The van der Waals surface area contributed by atoms with Crippen LogP contribution in [0.2, 0.25) is 0 Å². The van der Waals surface area contributed by atoms with Crippen LogP contribution in [0.25, 0.3) is 0 Å². The Kier molecular flexibility index (Phi) is 7.39. The molecule has 0 aromatic rings. The molecule has 0 heterocycles. The molecule has 4 heteroatoms. The lowest BCUT2D eigenvalue weighted by Gasteiger charge is -2.15. The molecule has 74 valence electrons. The molecule has 12 heavy (non-hydrogen) atoms. The number of hydrogen-bond acceptors (Lipinski definition) is 4. The van der Waals surface area contributed by atoms with Crippen LogP contribution in [0.5, 0.6) is 0 Å². The van der Waals surface area contributed by atoms with Gasteiger partial charge in [0.25, 0.3) is 0 Å². The van der Waals surface area contributed by atoms with Crippen molar-refractivity contribution in [3.63, 3.8) is 0 Å². The van der Waals surface area contributed by atoms with E-state index in [2.05, 4.69) is 12.2 Å². The van der Waals surface area contributed by atoms with Crippen LogP contribution in [0.1, 0.15) is 19.8 Å². The second-order valence-electron chi connectivity index (χ2n) is 2.87. The van der Waals surface area contributed by atoms with Gasteiger partial charge in [0.05, 0.1) is 12.7 Å². The second kappa shape index (κ2) is 7.49. The van der Waals surface area contributed by atoms with E-state index in [1.165, 1.54) is 0 Å². The number of aliphatic hydroxyl groups is 3. The van der Waals surface area contributed by atoms with E-state index in [0.29, 0.717) is 6.54 Å². The first-order valence-electron chi connectivity index (χ1n) is 4.40. The van der Waals surface area contributed by atoms with Crippen LogP contribution in [0.15, 0.2) is 0 Å². The summed E-state index contributed by atoms with van der Waals surface area (Å²) in [5, 5.41) is 29.5. The van der Waals surface area contributed by atoms with Gasteiger partial charge in [-0.05, 0) is 13.0 Å². The Bertz CT molecular complexity index is 100. The van der Waals surface area contributed by atoms with Crippen molar-refractivity contribution in [2.75, 3.05) is 19.7 Å². The molecule has 0 spiro atoms. The van der Waals surface area contributed by atoms with Gasteiger partial charge in [-0.1, -0.05) is 13.3 Å². The predicted octanol–water partition coefficient (Wildman–Crippen LogP) is -0.910. The zero-order valence-electron chi connectivity index (χ0n) is 7.53. The molecule has 0 bridgehead atoms. The molecule has 0 amide bonds. The van der Waals surface area contributed by atoms with Gasteiger partial charge in [0.2, 0.25) is 0 Å². The molecule has 0 aromatic carbocycles. The lowest BCUT2D eigenvalue weighted by molar-refractivity contribution is -0.0127. The topological polar surface area (TPSA) is 72.7 Å². The fourth-order valence-corrected chi connectivity index (χ4v) is 0.809. The Balaban J connectivity index is 3.24. The summed E-state index contributed by atoms with van der Waals surface area (Å²) in [6.07, 6.45) is 0.263. The SMILES string of the molecule is CCCCNC[C@H](O)[C@H](O)CO. The number of nitrogens with one attached hydrogen (secondary N) is 1. The summed E-state index contributed by atoms with van der Waals surface area (Å²) in [4.78, 5) is 0. The van der Waals surface area contributed by atoms with Gasteiger partial charge in [-0.25, -0.2) is 0 Å². The summed E-state index contributed by atoms with van der Waals surface area (Å²) in [7, 11) is 0. The molecule has 0 radical (unpaired) electrons. The third-order valence-corrected chi connectivity index (χ3v) is 1.69. The average Bonchev–Trinajstić information content (AvgIpc) is 2.10. The lowest BCUT2D eigenvalue weighted by atomic mass is 10.2. The van der Waals surface area contributed by atoms with Crippen molar-refractivity contribution in [1.82, 2.24) is 5.32 Å². The minimum absolute atomic E-state index is 0.335. The van der Waals surface area contributed by atoms with Gasteiger partial charge in [0.1, 0.15) is 6.10 Å². The molecule has 0 rings (SSSR count). The van der Waals surface area contributed by atoms with Gasteiger partial charge >= 0.3 is 0 Å². The highest BCUT2D eigenvalue weighted by Crippen LogP contribution is 1.90. The fourth-order valence-electron chi connectivity index (χ4n) is 0.809. The third kappa shape index (κ3) is 5.49. The van der Waals surface area contributed by atoms with Crippen molar-refractivity contribution in [3.8, 4) is 0 Å². The standard InChI is InChI=1S/C8H19NO3/c1-2-3-4-9-5-7(11)8(12)6-10/h7-12H,2-6H2,1H3/t7-,8+/m0/s1. The summed E-state index contributed by atoms with van der Waals surface area (Å²) in [5.41, 5.74) is 0. The molecule has 4 N–H and O–H groups in total. The molecule has 0 saturated heterocycles. The smallest absolute Gasteiger partial charge is 0.104 e. The summed E-state index contributed by atoms with van der Waals surface area (Å²) in [5.74, 6) is 0. The normalized spacial score (nSPS) is 16.0. The Hall–Kier alpha value is -0.160. The second-order valence-corrected chi connectivity index (χ2v) is 2.87. The molecule has 0 unspecified atom stereocenters. The minimum atomic E-state index is -1.03. The largest absolute Gasteiger partial charge is 0.394 e. The maximum atomic E-state index is 9.14. The summed E-state index contributed by atoms with van der Waals surface area (Å²) in [6, 6.07) is 0. The van der Waals surface area contributed by atoms with Crippen LogP contribution >= 0.6 is 0 Å². The molecular weight excluding hydrogens is 158 g/mol. The number of aliphatic hydroxyl groups excluding tert-OH is 3. The first-order valence-corrected chi connectivity index (χ1v) is 4.40. The highest BCUT2D eigenvalue weighted by Gasteiger charge is 2.13. The van der Waals surface area contributed by atoms with Gasteiger partial charge in [0, 0.05) is 6.54 Å². The summed E-state index contributed by atoms with van der Waals surface area (Å²) >= 11 is 0. The van der Waals surface area contributed by atoms with E-state index in [-0.39, 0.29) is 0 Å². The highest BCUT2D eigenvalue weighted by molar-refractivity contribution is 4.67. The first kappa shape index (κ1) is 11.8. The van der Waals surface area contributed by atoms with E-state index in [0.717, 1.165) is 19.4 Å². The summed E-state index contributed by atoms with van der Waals surface area (Å²) < 4.78 is 0. The van der Waals surface area contributed by atoms with E-state index >= 15 is 0 Å². The zero-order chi connectivity index (χ0) is 9.40. The van der Waals surface area contributed by atoms with Gasteiger partial charge < -0.3 is 20.6 Å². The Morgan fingerprint density at radius 1 is 1.25 bits per heavy atom. The van der Waals surface area contributed by atoms with Crippen LogP contribution in [0.3, 0.4) is 0 Å². The van der Waals surface area contributed by atoms with E-state index in [9.17, 15) is 0 Å². The summed E-state index contributed by atoms with van der Waals surface area (Å²) in [6.45, 7) is 2.87. The average molecular weight is 177 g/mol. The van der Waals surface area contributed by atoms with E-state index in [1.54, 1.807) is 0 Å². The monoisotopic (exact) mass is 177 g/mol. The van der Waals surface area contributed by atoms with Crippen LogP contribution in [0.4, 0.5) is 0 Å². The van der Waals surface area contributed by atoms with Crippen LogP contribution in [-0.4, -0.2) is 47.2 Å². The quantitative estimate of drug-likeness (QED) is 0.380. The molecule has 4 nitrogen and oxygen atoms in total. The lowest BCUT2D eigenvalue weighted by Crippen LogP contribution is -2.38. The van der Waals surface area contributed by atoms with Crippen molar-refractivity contribution in [2.45, 2.75) is 32.0 Å². The molecule has 0 aliphatic rings. The maximum absolute atomic E-state index is 9.14. The molecule has 0 aromatic heterocycles. The molecule has 0 aliphatic heterocycles. The van der Waals surface area contributed by atoms with Crippen molar-refractivity contribution < 1.29 is 15.3 Å². The van der Waals surface area contributed by atoms with Crippen molar-refractivity contribution in [3.05, 3.63) is 0 Å². The van der Waals surface area contributed by atoms with E-state index < -0.39 is 18.8 Å². The Morgan fingerprint density at radius 3 is 2.42 bits per heavy atom. The zero-order valence-corrected chi connectivity index (χ0v) is 7.53. The maximum Gasteiger partial charge on any atom is 0.104 e. The van der Waals surface area contributed by atoms with E-state index in [4.69, 9.17) is 15.3 Å². The number of rotatable bonds is 7. The number of unbranched alkanes of at least 4 members (excludes halogenated alkanes) is 1. The van der Waals surface area contributed by atoms with Crippen LogP contribution < -0.4 is 5.32 Å². The Morgan fingerprint density at radius 2 is 1.92 bits per heavy atom. The molecule has 2 atom stereocenters. The molecule has 0 saturated carbocycles.